The third-order valence-corrected chi connectivity index (χ3v) is 2.39. The minimum atomic E-state index is -0.551. The normalized spacial score (nSPS) is 10.4. The quantitative estimate of drug-likeness (QED) is 0.729. The molecular formula is C10H8ClN3O2. The van der Waals surface area contributed by atoms with Crippen molar-refractivity contribution in [3.63, 3.8) is 0 Å². The fourth-order valence-corrected chi connectivity index (χ4v) is 1.63. The Morgan fingerprint density at radius 2 is 2.00 bits per heavy atom. The van der Waals surface area contributed by atoms with Crippen molar-refractivity contribution in [2.24, 2.45) is 0 Å². The van der Waals surface area contributed by atoms with E-state index in [2.05, 4.69) is 15.0 Å². The number of aryl methyl sites for hydroxylation is 1. The van der Waals surface area contributed by atoms with Crippen LogP contribution in [0.25, 0.3) is 11.1 Å². The number of H-pyrrole nitrogens is 2. The second-order valence-electron chi connectivity index (χ2n) is 3.28. The summed E-state index contributed by atoms with van der Waals surface area (Å²) in [5, 5.41) is 0.234. The van der Waals surface area contributed by atoms with E-state index in [0.717, 1.165) is 5.69 Å². The van der Waals surface area contributed by atoms with Crippen LogP contribution in [0.5, 0.6) is 0 Å². The van der Waals surface area contributed by atoms with E-state index in [1.54, 1.807) is 19.1 Å². The van der Waals surface area contributed by atoms with E-state index in [9.17, 15) is 9.59 Å². The van der Waals surface area contributed by atoms with Crippen molar-refractivity contribution in [3.05, 3.63) is 50.0 Å². The number of nitrogens with one attached hydrogen (secondary N) is 2. The van der Waals surface area contributed by atoms with Crippen LogP contribution in [-0.4, -0.2) is 15.0 Å². The number of halogens is 1. The highest BCUT2D eigenvalue weighted by atomic mass is 35.5. The third kappa shape index (κ3) is 1.90. The van der Waals surface area contributed by atoms with Gasteiger partial charge in [0.05, 0.1) is 5.56 Å². The molecule has 0 bridgehead atoms. The smallest absolute Gasteiger partial charge is 0.313 e. The Kier molecular flexibility index (Phi) is 2.62. The maximum absolute atomic E-state index is 11.5. The van der Waals surface area contributed by atoms with Crippen molar-refractivity contribution in [3.8, 4) is 11.1 Å². The summed E-state index contributed by atoms with van der Waals surface area (Å²) in [6.45, 7) is 1.80. The molecule has 2 aromatic heterocycles. The van der Waals surface area contributed by atoms with E-state index in [-0.39, 0.29) is 10.7 Å². The molecule has 82 valence electrons. The van der Waals surface area contributed by atoms with Crippen molar-refractivity contribution >= 4 is 11.6 Å². The standard InChI is InChI=1S/C10H8ClN3O2/c1-5-2-3-6(8(11)13-5)7-4-12-10(16)14-9(7)15/h2-4H,1H3,(H2,12,14,15,16). The molecule has 0 unspecified atom stereocenters. The molecule has 2 N–H and O–H groups in total. The molecule has 5 nitrogen and oxygen atoms in total. The number of aromatic amines is 2. The van der Waals surface area contributed by atoms with Gasteiger partial charge in [-0.1, -0.05) is 11.6 Å². The Morgan fingerprint density at radius 1 is 1.25 bits per heavy atom. The molecule has 2 rings (SSSR count). The van der Waals surface area contributed by atoms with E-state index >= 15 is 0 Å². The number of rotatable bonds is 1. The highest BCUT2D eigenvalue weighted by molar-refractivity contribution is 6.32. The summed E-state index contributed by atoms with van der Waals surface area (Å²) in [5.41, 5.74) is 0.498. The molecule has 2 heterocycles. The lowest BCUT2D eigenvalue weighted by Crippen LogP contribution is -2.22. The summed E-state index contributed by atoms with van der Waals surface area (Å²) in [7, 11) is 0. The zero-order valence-electron chi connectivity index (χ0n) is 8.37. The van der Waals surface area contributed by atoms with Crippen LogP contribution in [0.15, 0.2) is 27.9 Å². The molecule has 2 aromatic rings. The van der Waals surface area contributed by atoms with E-state index in [4.69, 9.17) is 11.6 Å². The highest BCUT2D eigenvalue weighted by Crippen LogP contribution is 2.22. The molecule has 0 aromatic carbocycles. The second-order valence-corrected chi connectivity index (χ2v) is 3.63. The Balaban J connectivity index is 2.68. The first-order valence-electron chi connectivity index (χ1n) is 4.53. The lowest BCUT2D eigenvalue weighted by molar-refractivity contribution is 1.04. The fraction of sp³-hybridized carbons (Fsp3) is 0.100. The molecule has 0 saturated carbocycles. The second kappa shape index (κ2) is 3.94. The molecule has 6 heteroatoms. The van der Waals surface area contributed by atoms with E-state index < -0.39 is 11.2 Å². The molecule has 0 atom stereocenters. The van der Waals surface area contributed by atoms with E-state index in [0.29, 0.717) is 5.56 Å². The van der Waals surface area contributed by atoms with Crippen molar-refractivity contribution in [1.82, 2.24) is 15.0 Å². The summed E-state index contributed by atoms with van der Waals surface area (Å²) in [6.07, 6.45) is 1.32. The number of pyridine rings is 1. The van der Waals surface area contributed by atoms with Crippen LogP contribution in [-0.2, 0) is 0 Å². The average molecular weight is 238 g/mol. The predicted octanol–water partition coefficient (Wildman–Crippen LogP) is 1.09. The largest absolute Gasteiger partial charge is 0.325 e. The van der Waals surface area contributed by atoms with Gasteiger partial charge in [-0.25, -0.2) is 9.78 Å². The molecule has 0 amide bonds. The minimum absolute atomic E-state index is 0.234. The van der Waals surface area contributed by atoms with Crippen molar-refractivity contribution < 1.29 is 0 Å². The first-order valence-corrected chi connectivity index (χ1v) is 4.91. The van der Waals surface area contributed by atoms with Gasteiger partial charge in [0, 0.05) is 17.5 Å². The molecule has 0 aliphatic rings. The third-order valence-electron chi connectivity index (χ3n) is 2.10. The molecule has 0 aliphatic heterocycles. The summed E-state index contributed by atoms with van der Waals surface area (Å²) >= 11 is 5.92. The van der Waals surface area contributed by atoms with Crippen LogP contribution < -0.4 is 11.2 Å². The Bertz CT molecular complexity index is 645. The van der Waals surface area contributed by atoms with Gasteiger partial charge in [0.1, 0.15) is 5.15 Å². The Labute approximate surface area is 95.1 Å². The van der Waals surface area contributed by atoms with E-state index in [1.165, 1.54) is 6.20 Å². The minimum Gasteiger partial charge on any atom is -0.313 e. The Hall–Kier alpha value is -1.88. The van der Waals surface area contributed by atoms with Crippen LogP contribution >= 0.6 is 11.6 Å². The molecular weight excluding hydrogens is 230 g/mol. The topological polar surface area (TPSA) is 78.6 Å². The maximum Gasteiger partial charge on any atom is 0.325 e. The van der Waals surface area contributed by atoms with Crippen LogP contribution in [0.1, 0.15) is 5.69 Å². The molecule has 0 saturated heterocycles. The van der Waals surface area contributed by atoms with Gasteiger partial charge in [0.25, 0.3) is 5.56 Å². The van der Waals surface area contributed by atoms with Gasteiger partial charge >= 0.3 is 5.69 Å². The SMILES string of the molecule is Cc1ccc(-c2c[nH]c(=O)[nH]c2=O)c(Cl)n1. The predicted molar refractivity (Wildman–Crippen MR) is 60.7 cm³/mol. The summed E-state index contributed by atoms with van der Waals surface area (Å²) in [4.78, 5) is 30.9. The van der Waals surface area contributed by atoms with Gasteiger partial charge in [0.2, 0.25) is 0 Å². The van der Waals surface area contributed by atoms with Crippen LogP contribution in [0.4, 0.5) is 0 Å². The van der Waals surface area contributed by atoms with Crippen LogP contribution in [0.2, 0.25) is 5.15 Å². The van der Waals surface area contributed by atoms with Gasteiger partial charge < -0.3 is 4.98 Å². The first kappa shape index (κ1) is 10.6. The summed E-state index contributed by atoms with van der Waals surface area (Å²) in [5.74, 6) is 0. The Morgan fingerprint density at radius 3 is 2.62 bits per heavy atom. The molecule has 0 spiro atoms. The zero-order chi connectivity index (χ0) is 11.7. The molecule has 0 radical (unpaired) electrons. The van der Waals surface area contributed by atoms with Crippen LogP contribution in [0.3, 0.4) is 0 Å². The molecule has 0 aliphatic carbocycles. The van der Waals surface area contributed by atoms with Gasteiger partial charge in [-0.3, -0.25) is 9.78 Å². The monoisotopic (exact) mass is 237 g/mol. The summed E-state index contributed by atoms with van der Waals surface area (Å²) < 4.78 is 0. The summed E-state index contributed by atoms with van der Waals surface area (Å²) in [6, 6.07) is 3.43. The maximum atomic E-state index is 11.5. The number of hydrogen-bond donors (Lipinski definition) is 2. The fourth-order valence-electron chi connectivity index (χ4n) is 1.34. The average Bonchev–Trinajstić information content (AvgIpc) is 2.19. The number of nitrogens with zero attached hydrogens (tertiary/aromatic N) is 1. The number of hydrogen-bond acceptors (Lipinski definition) is 3. The van der Waals surface area contributed by atoms with Crippen molar-refractivity contribution in [2.75, 3.05) is 0 Å². The molecule has 0 fully saturated rings. The molecule has 16 heavy (non-hydrogen) atoms. The van der Waals surface area contributed by atoms with E-state index in [1.807, 2.05) is 0 Å². The van der Waals surface area contributed by atoms with Crippen molar-refractivity contribution in [2.45, 2.75) is 6.92 Å². The van der Waals surface area contributed by atoms with Crippen LogP contribution in [0, 0.1) is 6.92 Å². The van der Waals surface area contributed by atoms with Gasteiger partial charge in [-0.15, -0.1) is 0 Å². The van der Waals surface area contributed by atoms with Gasteiger partial charge in [0.15, 0.2) is 0 Å². The first-order chi connectivity index (χ1) is 7.58. The highest BCUT2D eigenvalue weighted by Gasteiger charge is 2.08. The number of aromatic nitrogens is 3. The zero-order valence-corrected chi connectivity index (χ0v) is 9.13. The van der Waals surface area contributed by atoms with Gasteiger partial charge in [-0.2, -0.15) is 0 Å². The van der Waals surface area contributed by atoms with Crippen molar-refractivity contribution in [1.29, 1.82) is 0 Å². The lowest BCUT2D eigenvalue weighted by Gasteiger charge is -2.02. The lowest BCUT2D eigenvalue weighted by atomic mass is 10.1. The van der Waals surface area contributed by atoms with Gasteiger partial charge in [-0.05, 0) is 19.1 Å².